The summed E-state index contributed by atoms with van der Waals surface area (Å²) in [7, 11) is 0. The first-order valence-electron chi connectivity index (χ1n) is 5.52. The zero-order valence-electron chi connectivity index (χ0n) is 9.58. The Balaban J connectivity index is 2.34. The van der Waals surface area contributed by atoms with Gasteiger partial charge < -0.3 is 14.3 Å². The van der Waals surface area contributed by atoms with Crippen molar-refractivity contribution in [1.82, 2.24) is 0 Å². The summed E-state index contributed by atoms with van der Waals surface area (Å²) in [6.07, 6.45) is 1.82. The van der Waals surface area contributed by atoms with Crippen LogP contribution in [-0.4, -0.2) is 24.3 Å². The van der Waals surface area contributed by atoms with Crippen LogP contribution >= 0.6 is 0 Å². The van der Waals surface area contributed by atoms with Crippen molar-refractivity contribution < 1.29 is 19.1 Å². The summed E-state index contributed by atoms with van der Waals surface area (Å²) in [6.45, 7) is 4.99. The van der Waals surface area contributed by atoms with Gasteiger partial charge in [0.1, 0.15) is 17.1 Å². The molecule has 1 fully saturated rings. The van der Waals surface area contributed by atoms with Crippen LogP contribution in [0.3, 0.4) is 0 Å². The molecular weight excluding hydrogens is 208 g/mol. The highest BCUT2D eigenvalue weighted by Crippen LogP contribution is 2.33. The van der Waals surface area contributed by atoms with E-state index in [9.17, 15) is 4.79 Å². The number of rotatable bonds is 2. The zero-order chi connectivity index (χ0) is 11.7. The largest absolute Gasteiger partial charge is 0.478 e. The van der Waals surface area contributed by atoms with Crippen LogP contribution in [0.1, 0.15) is 46.2 Å². The molecule has 4 nitrogen and oxygen atoms in total. The molecule has 4 heteroatoms. The minimum Gasteiger partial charge on any atom is -0.478 e. The van der Waals surface area contributed by atoms with Crippen LogP contribution in [0.2, 0.25) is 0 Å². The molecule has 0 saturated carbocycles. The molecule has 0 bridgehead atoms. The number of hydrogen-bond donors (Lipinski definition) is 1. The van der Waals surface area contributed by atoms with Gasteiger partial charge in [-0.2, -0.15) is 0 Å². The first-order valence-corrected chi connectivity index (χ1v) is 5.52. The average Bonchev–Trinajstić information content (AvgIpc) is 2.55. The molecule has 1 N–H and O–H groups in total. The van der Waals surface area contributed by atoms with Crippen molar-refractivity contribution >= 4 is 5.97 Å². The summed E-state index contributed by atoms with van der Waals surface area (Å²) in [5, 5.41) is 9.07. The maximum Gasteiger partial charge on any atom is 0.339 e. The molecule has 0 radical (unpaired) electrons. The Morgan fingerprint density at radius 1 is 1.31 bits per heavy atom. The Bertz CT molecular complexity index is 399. The summed E-state index contributed by atoms with van der Waals surface area (Å²) in [5.74, 6) is 0.738. The second kappa shape index (κ2) is 4.29. The SMILES string of the molecule is Cc1oc(C2CCOCC2)c(C)c1C(=O)O. The van der Waals surface area contributed by atoms with E-state index in [-0.39, 0.29) is 0 Å². The third-order valence-electron chi connectivity index (χ3n) is 3.17. The second-order valence-corrected chi connectivity index (χ2v) is 4.21. The van der Waals surface area contributed by atoms with E-state index in [1.54, 1.807) is 6.92 Å². The maximum absolute atomic E-state index is 11.1. The van der Waals surface area contributed by atoms with E-state index in [0.29, 0.717) is 17.2 Å². The highest BCUT2D eigenvalue weighted by Gasteiger charge is 2.26. The third-order valence-corrected chi connectivity index (χ3v) is 3.17. The highest BCUT2D eigenvalue weighted by molar-refractivity contribution is 5.90. The van der Waals surface area contributed by atoms with Gasteiger partial charge in [0.2, 0.25) is 0 Å². The minimum atomic E-state index is -0.906. The molecule has 2 rings (SSSR count). The lowest BCUT2D eigenvalue weighted by Gasteiger charge is -2.20. The summed E-state index contributed by atoms with van der Waals surface area (Å²) >= 11 is 0. The number of aromatic carboxylic acids is 1. The van der Waals surface area contributed by atoms with Crippen LogP contribution in [0.15, 0.2) is 4.42 Å². The molecule has 0 aliphatic carbocycles. The fourth-order valence-electron chi connectivity index (χ4n) is 2.34. The standard InChI is InChI=1S/C12H16O4/c1-7-10(12(13)14)8(2)16-11(7)9-3-5-15-6-4-9/h9H,3-6H2,1-2H3,(H,13,14). The molecule has 2 heterocycles. The van der Waals surface area contributed by atoms with Crippen LogP contribution in [0.25, 0.3) is 0 Å². The molecule has 1 saturated heterocycles. The van der Waals surface area contributed by atoms with Crippen molar-refractivity contribution in [3.05, 3.63) is 22.6 Å². The van der Waals surface area contributed by atoms with E-state index >= 15 is 0 Å². The first kappa shape index (κ1) is 11.2. The molecular formula is C12H16O4. The van der Waals surface area contributed by atoms with Gasteiger partial charge in [-0.1, -0.05) is 0 Å². The lowest BCUT2D eigenvalue weighted by Crippen LogP contribution is -2.14. The Hall–Kier alpha value is -1.29. The number of hydrogen-bond acceptors (Lipinski definition) is 3. The number of carbonyl (C=O) groups is 1. The van der Waals surface area contributed by atoms with Gasteiger partial charge in [0.25, 0.3) is 0 Å². The lowest BCUT2D eigenvalue weighted by molar-refractivity contribution is 0.0694. The van der Waals surface area contributed by atoms with E-state index in [2.05, 4.69) is 0 Å². The molecule has 0 atom stereocenters. The van der Waals surface area contributed by atoms with Crippen molar-refractivity contribution in [2.45, 2.75) is 32.6 Å². The Morgan fingerprint density at radius 2 is 1.94 bits per heavy atom. The summed E-state index contributed by atoms with van der Waals surface area (Å²) in [4.78, 5) is 11.1. The van der Waals surface area contributed by atoms with E-state index in [0.717, 1.165) is 37.4 Å². The van der Waals surface area contributed by atoms with Gasteiger partial charge in [-0.25, -0.2) is 4.79 Å². The monoisotopic (exact) mass is 224 g/mol. The molecule has 1 aromatic heterocycles. The van der Waals surface area contributed by atoms with Gasteiger partial charge in [-0.05, 0) is 26.7 Å². The number of carboxylic acid groups (broad SMARTS) is 1. The Morgan fingerprint density at radius 3 is 2.44 bits per heavy atom. The van der Waals surface area contributed by atoms with Crippen LogP contribution in [0, 0.1) is 13.8 Å². The van der Waals surface area contributed by atoms with E-state index in [1.165, 1.54) is 0 Å². The lowest BCUT2D eigenvalue weighted by atomic mass is 9.94. The van der Waals surface area contributed by atoms with E-state index in [1.807, 2.05) is 6.92 Å². The van der Waals surface area contributed by atoms with Crippen LogP contribution < -0.4 is 0 Å². The van der Waals surface area contributed by atoms with Gasteiger partial charge in [0, 0.05) is 24.7 Å². The van der Waals surface area contributed by atoms with Gasteiger partial charge >= 0.3 is 5.97 Å². The quantitative estimate of drug-likeness (QED) is 0.838. The number of carboxylic acids is 1. The fraction of sp³-hybridized carbons (Fsp3) is 0.583. The Labute approximate surface area is 94.2 Å². The number of furan rings is 1. The first-order chi connectivity index (χ1) is 7.61. The molecule has 0 spiro atoms. The van der Waals surface area contributed by atoms with Crippen molar-refractivity contribution in [1.29, 1.82) is 0 Å². The predicted octanol–water partition coefficient (Wildman–Crippen LogP) is 2.49. The topological polar surface area (TPSA) is 59.7 Å². The van der Waals surface area contributed by atoms with Crippen molar-refractivity contribution in [2.24, 2.45) is 0 Å². The zero-order valence-corrected chi connectivity index (χ0v) is 9.58. The minimum absolute atomic E-state index is 0.306. The second-order valence-electron chi connectivity index (χ2n) is 4.21. The summed E-state index contributed by atoms with van der Waals surface area (Å²) in [5.41, 5.74) is 1.10. The van der Waals surface area contributed by atoms with E-state index < -0.39 is 5.97 Å². The summed E-state index contributed by atoms with van der Waals surface area (Å²) in [6, 6.07) is 0. The van der Waals surface area contributed by atoms with Gasteiger partial charge in [0.15, 0.2) is 0 Å². The molecule has 1 aliphatic heterocycles. The van der Waals surface area contributed by atoms with Crippen LogP contribution in [0.5, 0.6) is 0 Å². The molecule has 1 aliphatic rings. The van der Waals surface area contributed by atoms with Crippen LogP contribution in [0.4, 0.5) is 0 Å². The molecule has 0 aromatic carbocycles. The molecule has 1 aromatic rings. The Kier molecular flexibility index (Phi) is 3.01. The van der Waals surface area contributed by atoms with Crippen molar-refractivity contribution in [3.63, 3.8) is 0 Å². The van der Waals surface area contributed by atoms with Crippen LogP contribution in [-0.2, 0) is 4.74 Å². The molecule has 88 valence electrons. The third kappa shape index (κ3) is 1.85. The van der Waals surface area contributed by atoms with Gasteiger partial charge in [-0.3, -0.25) is 0 Å². The van der Waals surface area contributed by atoms with E-state index in [4.69, 9.17) is 14.3 Å². The number of aryl methyl sites for hydroxylation is 1. The average molecular weight is 224 g/mol. The smallest absolute Gasteiger partial charge is 0.339 e. The van der Waals surface area contributed by atoms with Crippen molar-refractivity contribution in [2.75, 3.05) is 13.2 Å². The maximum atomic E-state index is 11.1. The van der Waals surface area contributed by atoms with Gasteiger partial charge in [-0.15, -0.1) is 0 Å². The fourth-order valence-corrected chi connectivity index (χ4v) is 2.34. The number of ether oxygens (including phenoxy) is 1. The summed E-state index contributed by atoms with van der Waals surface area (Å²) < 4.78 is 10.9. The predicted molar refractivity (Wildman–Crippen MR) is 57.9 cm³/mol. The van der Waals surface area contributed by atoms with Gasteiger partial charge in [0.05, 0.1) is 0 Å². The normalized spacial score (nSPS) is 17.6. The molecule has 16 heavy (non-hydrogen) atoms. The van der Waals surface area contributed by atoms with Crippen molar-refractivity contribution in [3.8, 4) is 0 Å². The molecule has 0 amide bonds. The highest BCUT2D eigenvalue weighted by atomic mass is 16.5. The molecule has 0 unspecified atom stereocenters.